The van der Waals surface area contributed by atoms with E-state index in [9.17, 15) is 4.79 Å². The maximum atomic E-state index is 12.2. The van der Waals surface area contributed by atoms with Crippen LogP contribution in [0.5, 0.6) is 0 Å². The number of carbonyl (C=O) groups is 1. The summed E-state index contributed by atoms with van der Waals surface area (Å²) in [6, 6.07) is 8.53. The number of hydrogen-bond donors (Lipinski definition) is 2. The van der Waals surface area contributed by atoms with Crippen molar-refractivity contribution in [2.45, 2.75) is 56.9 Å². The first kappa shape index (κ1) is 19.2. The molecule has 2 aromatic rings. The van der Waals surface area contributed by atoms with Gasteiger partial charge < -0.3 is 15.6 Å². The summed E-state index contributed by atoms with van der Waals surface area (Å²) in [6.45, 7) is 4.24. The second-order valence-corrected chi connectivity index (χ2v) is 8.74. The summed E-state index contributed by atoms with van der Waals surface area (Å²) in [5, 5.41) is 8.70. The minimum absolute atomic E-state index is 0.157. The number of aromatic amines is 1. The van der Waals surface area contributed by atoms with E-state index in [1.807, 2.05) is 11.1 Å². The molecule has 0 saturated carbocycles. The lowest BCUT2D eigenvalue weighted by Crippen LogP contribution is -2.43. The summed E-state index contributed by atoms with van der Waals surface area (Å²) in [5.74, 6) is -0.302. The topological polar surface area (TPSA) is 77.7 Å². The highest BCUT2D eigenvalue weighted by Gasteiger charge is 2.38. The zero-order chi connectivity index (χ0) is 19.5. The maximum Gasteiger partial charge on any atom is 0.252 e. The Hall–Kier alpha value is -2.15. The third kappa shape index (κ3) is 3.85. The van der Waals surface area contributed by atoms with Gasteiger partial charge in [-0.05, 0) is 49.1 Å². The van der Waals surface area contributed by atoms with Crippen LogP contribution in [0.4, 0.5) is 0 Å². The molecule has 0 spiro atoms. The van der Waals surface area contributed by atoms with Gasteiger partial charge >= 0.3 is 0 Å². The molecule has 2 atom stereocenters. The summed E-state index contributed by atoms with van der Waals surface area (Å²) in [7, 11) is 0. The van der Waals surface area contributed by atoms with Gasteiger partial charge in [-0.15, -0.1) is 0 Å². The normalized spacial score (nSPS) is 20.8. The molecule has 0 aliphatic carbocycles. The predicted octanol–water partition coefficient (Wildman–Crippen LogP) is 3.50. The minimum atomic E-state index is -0.414. The van der Waals surface area contributed by atoms with Gasteiger partial charge in [0.25, 0.3) is 5.91 Å². The van der Waals surface area contributed by atoms with Crippen LogP contribution in [-0.2, 0) is 11.2 Å². The van der Waals surface area contributed by atoms with Gasteiger partial charge in [-0.25, -0.2) is 0 Å². The quantitative estimate of drug-likeness (QED) is 0.747. The molecule has 1 amide bonds. The average Bonchev–Trinajstić information content (AvgIpc) is 3.44. The van der Waals surface area contributed by atoms with Crippen molar-refractivity contribution in [2.24, 2.45) is 10.8 Å². The molecule has 150 valence electrons. The molecular formula is C21H29N5OS. The number of nitrogens with zero attached hydrogens (tertiary/aromatic N) is 3. The second-order valence-electron chi connectivity index (χ2n) is 7.69. The number of likely N-dealkylation sites (tertiary alicyclic amines) is 1. The van der Waals surface area contributed by atoms with Crippen LogP contribution in [0.2, 0.25) is 0 Å². The number of primary amides is 1. The van der Waals surface area contributed by atoms with Crippen molar-refractivity contribution in [1.82, 2.24) is 14.9 Å². The Balaban J connectivity index is 1.61. The lowest BCUT2D eigenvalue weighted by Gasteiger charge is -2.29. The highest BCUT2D eigenvalue weighted by atomic mass is 32.2. The van der Waals surface area contributed by atoms with Crippen LogP contribution in [-0.4, -0.2) is 50.5 Å². The van der Waals surface area contributed by atoms with Gasteiger partial charge in [0.1, 0.15) is 0 Å². The Kier molecular flexibility index (Phi) is 5.80. The Bertz CT molecular complexity index is 857. The molecule has 0 radical (unpaired) electrons. The smallest absolute Gasteiger partial charge is 0.252 e. The average molecular weight is 400 g/mol. The van der Waals surface area contributed by atoms with Crippen molar-refractivity contribution in [1.29, 1.82) is 0 Å². The molecule has 2 aliphatic heterocycles. The van der Waals surface area contributed by atoms with Crippen molar-refractivity contribution >= 4 is 33.7 Å². The monoisotopic (exact) mass is 399 g/mol. The lowest BCUT2D eigenvalue weighted by molar-refractivity contribution is -0.120. The number of hydrogen-bond acceptors (Lipinski definition) is 5. The summed E-state index contributed by atoms with van der Waals surface area (Å²) >= 11 is 1.52. The van der Waals surface area contributed by atoms with Crippen molar-refractivity contribution < 1.29 is 4.79 Å². The standard InChI is InChI=1S/C21H29N5OS/c1-2-3-8-16(13-15-14-23-18-10-5-4-9-17(15)18)26-20(19(22)27)28-21(24-26)25-11-6-7-12-25/h4-5,9-10,14,16,20,23H,2-3,6-8,11-13H2,1H3,(H2,22,27). The van der Waals surface area contributed by atoms with Crippen LogP contribution in [0.1, 0.15) is 44.6 Å². The number of carbonyl (C=O) groups excluding carboxylic acids is 1. The Labute approximate surface area is 170 Å². The number of thioether (sulfide) groups is 1. The number of para-hydroxylation sites is 1. The molecule has 3 heterocycles. The fraction of sp³-hybridized carbons (Fsp3) is 0.524. The van der Waals surface area contributed by atoms with E-state index in [2.05, 4.69) is 41.2 Å². The molecule has 2 unspecified atom stereocenters. The Morgan fingerprint density at radius 3 is 2.89 bits per heavy atom. The number of amidine groups is 1. The number of benzene rings is 1. The number of fused-ring (bicyclic) bond motifs is 1. The first-order valence-corrected chi connectivity index (χ1v) is 11.2. The van der Waals surface area contributed by atoms with Gasteiger partial charge in [-0.1, -0.05) is 38.0 Å². The van der Waals surface area contributed by atoms with Crippen molar-refractivity contribution in [3.8, 4) is 0 Å². The highest BCUT2D eigenvalue weighted by molar-refractivity contribution is 8.15. The number of hydrazone groups is 1. The summed E-state index contributed by atoms with van der Waals surface area (Å²) in [4.78, 5) is 17.9. The highest BCUT2D eigenvalue weighted by Crippen LogP contribution is 2.34. The molecule has 0 bridgehead atoms. The van der Waals surface area contributed by atoms with Crippen LogP contribution >= 0.6 is 11.8 Å². The van der Waals surface area contributed by atoms with Gasteiger partial charge in [-0.2, -0.15) is 5.10 Å². The molecule has 28 heavy (non-hydrogen) atoms. The second kappa shape index (κ2) is 8.47. The van der Waals surface area contributed by atoms with Crippen molar-refractivity contribution in [3.63, 3.8) is 0 Å². The van der Waals surface area contributed by atoms with E-state index in [4.69, 9.17) is 10.8 Å². The first-order chi connectivity index (χ1) is 13.7. The number of unbranched alkanes of at least 4 members (excludes halogenated alkanes) is 1. The van der Waals surface area contributed by atoms with Gasteiger partial charge in [-0.3, -0.25) is 9.80 Å². The maximum absolute atomic E-state index is 12.2. The summed E-state index contributed by atoms with van der Waals surface area (Å²) < 4.78 is 0. The van der Waals surface area contributed by atoms with Gasteiger partial charge in [0.2, 0.25) is 0 Å². The fourth-order valence-electron chi connectivity index (χ4n) is 4.16. The van der Waals surface area contributed by atoms with E-state index in [0.717, 1.165) is 49.5 Å². The molecule has 1 fully saturated rings. The van der Waals surface area contributed by atoms with Crippen LogP contribution in [0.25, 0.3) is 10.9 Å². The molecule has 1 aromatic carbocycles. The largest absolute Gasteiger partial charge is 0.367 e. The van der Waals surface area contributed by atoms with Gasteiger partial charge in [0.15, 0.2) is 10.5 Å². The van der Waals surface area contributed by atoms with Crippen LogP contribution in [0.3, 0.4) is 0 Å². The molecule has 4 rings (SSSR count). The van der Waals surface area contributed by atoms with Crippen LogP contribution in [0, 0.1) is 0 Å². The predicted molar refractivity (Wildman–Crippen MR) is 116 cm³/mol. The molecule has 6 nitrogen and oxygen atoms in total. The Morgan fingerprint density at radius 1 is 1.36 bits per heavy atom. The number of amides is 1. The van der Waals surface area contributed by atoms with E-state index in [1.165, 1.54) is 35.6 Å². The first-order valence-electron chi connectivity index (χ1n) is 10.3. The minimum Gasteiger partial charge on any atom is -0.367 e. The number of rotatable bonds is 7. The zero-order valence-electron chi connectivity index (χ0n) is 16.4. The van der Waals surface area contributed by atoms with E-state index in [0.29, 0.717) is 0 Å². The molecule has 1 aromatic heterocycles. The molecule has 7 heteroatoms. The number of H-pyrrole nitrogens is 1. The zero-order valence-corrected chi connectivity index (χ0v) is 17.3. The Morgan fingerprint density at radius 2 is 2.14 bits per heavy atom. The third-order valence-corrected chi connectivity index (χ3v) is 6.90. The van der Waals surface area contributed by atoms with E-state index in [-0.39, 0.29) is 11.9 Å². The number of nitrogens with one attached hydrogen (secondary N) is 1. The summed E-state index contributed by atoms with van der Waals surface area (Å²) in [5.41, 5.74) is 8.20. The van der Waals surface area contributed by atoms with Gasteiger partial charge in [0.05, 0.1) is 6.04 Å². The van der Waals surface area contributed by atoms with Crippen molar-refractivity contribution in [2.75, 3.05) is 13.1 Å². The van der Waals surface area contributed by atoms with Crippen molar-refractivity contribution in [3.05, 3.63) is 36.0 Å². The van der Waals surface area contributed by atoms with Crippen LogP contribution < -0.4 is 5.73 Å². The lowest BCUT2D eigenvalue weighted by atomic mass is 10.00. The van der Waals surface area contributed by atoms with E-state index >= 15 is 0 Å². The van der Waals surface area contributed by atoms with E-state index < -0.39 is 5.37 Å². The SMILES string of the molecule is CCCCC(Cc1c[nH]c2ccccc12)N1N=C(N2CCCC2)SC1C(N)=O. The number of aromatic nitrogens is 1. The van der Waals surface area contributed by atoms with Gasteiger partial charge in [0, 0.05) is 30.2 Å². The van der Waals surface area contributed by atoms with E-state index in [1.54, 1.807) is 0 Å². The molecule has 3 N–H and O–H groups in total. The number of nitrogens with two attached hydrogens (primary N) is 1. The third-order valence-electron chi connectivity index (χ3n) is 5.67. The molecular weight excluding hydrogens is 370 g/mol. The molecule has 2 aliphatic rings. The molecule has 1 saturated heterocycles. The summed E-state index contributed by atoms with van der Waals surface area (Å²) in [6.07, 6.45) is 8.55. The van der Waals surface area contributed by atoms with Crippen LogP contribution in [0.15, 0.2) is 35.6 Å². The fourth-order valence-corrected chi connectivity index (χ4v) is 5.27.